The van der Waals surface area contributed by atoms with E-state index in [2.05, 4.69) is 5.32 Å². The van der Waals surface area contributed by atoms with Gasteiger partial charge in [0.2, 0.25) is 0 Å². The average molecular weight is 251 g/mol. The first-order valence-electron chi connectivity index (χ1n) is 3.37. The van der Waals surface area contributed by atoms with E-state index in [1.807, 2.05) is 0 Å². The molecular formula is C9H8NO2Y+2. The molecule has 62 valence electrons. The van der Waals surface area contributed by atoms with Gasteiger partial charge in [-0.05, 0) is 24.3 Å². The number of anilines is 1. The van der Waals surface area contributed by atoms with E-state index in [0.717, 1.165) is 6.08 Å². The second kappa shape index (κ2) is 5.89. The van der Waals surface area contributed by atoms with E-state index in [-0.39, 0.29) is 44.4 Å². The maximum atomic E-state index is 10.7. The number of carbonyl (C=O) groups excluding carboxylic acids is 1. The van der Waals surface area contributed by atoms with Crippen LogP contribution in [-0.2, 0) is 37.5 Å². The second-order valence-corrected chi connectivity index (χ2v) is 2.20. The molecule has 0 fully saturated rings. The van der Waals surface area contributed by atoms with E-state index in [1.165, 1.54) is 12.1 Å². The standard InChI is InChI=1S/C9H8NO2.Y/c1-2-9(12)10-7-3-5-8(11)6-4-7;/h1-6,11H,(H,10,12);/q-1;+3. The molecule has 0 heterocycles. The Kier molecular flexibility index (Phi) is 5.59. The fourth-order valence-corrected chi connectivity index (χ4v) is 0.729. The molecule has 2 N–H and O–H groups in total. The molecule has 1 rings (SSSR count). The second-order valence-electron chi connectivity index (χ2n) is 2.20. The summed E-state index contributed by atoms with van der Waals surface area (Å²) < 4.78 is 0. The zero-order chi connectivity index (χ0) is 8.97. The average Bonchev–Trinajstić information content (AvgIpc) is 2.09. The number of rotatable bonds is 2. The Bertz CT molecular complexity index is 295. The third-order valence-electron chi connectivity index (χ3n) is 1.29. The molecule has 0 atom stereocenters. The molecule has 1 amide bonds. The van der Waals surface area contributed by atoms with Crippen LogP contribution in [0.3, 0.4) is 0 Å². The predicted molar refractivity (Wildman–Crippen MR) is 45.6 cm³/mol. The van der Waals surface area contributed by atoms with E-state index >= 15 is 0 Å². The largest absolute Gasteiger partial charge is 3.00 e. The van der Waals surface area contributed by atoms with Crippen LogP contribution in [0.2, 0.25) is 0 Å². The molecule has 1 aromatic rings. The number of amides is 1. The van der Waals surface area contributed by atoms with Gasteiger partial charge in [0.05, 0.1) is 5.91 Å². The van der Waals surface area contributed by atoms with Gasteiger partial charge in [-0.15, -0.1) is 0 Å². The molecule has 0 unspecified atom stereocenters. The molecule has 0 aliphatic rings. The van der Waals surface area contributed by atoms with Crippen LogP contribution in [-0.4, -0.2) is 11.0 Å². The Hall–Kier alpha value is -0.666. The van der Waals surface area contributed by atoms with Crippen LogP contribution >= 0.6 is 0 Å². The van der Waals surface area contributed by atoms with E-state index in [9.17, 15) is 4.79 Å². The van der Waals surface area contributed by atoms with Crippen molar-refractivity contribution in [1.29, 1.82) is 0 Å². The summed E-state index contributed by atoms with van der Waals surface area (Å²) in [6.45, 7) is 4.96. The van der Waals surface area contributed by atoms with Crippen LogP contribution in [0.25, 0.3) is 0 Å². The van der Waals surface area contributed by atoms with Crippen molar-refractivity contribution < 1.29 is 42.6 Å². The van der Waals surface area contributed by atoms with Crippen LogP contribution in [0, 0.1) is 6.58 Å². The third kappa shape index (κ3) is 4.20. The van der Waals surface area contributed by atoms with Crippen molar-refractivity contribution in [3.05, 3.63) is 36.9 Å². The van der Waals surface area contributed by atoms with Gasteiger partial charge in [0.25, 0.3) is 0 Å². The van der Waals surface area contributed by atoms with E-state index < -0.39 is 0 Å². The van der Waals surface area contributed by atoms with Gasteiger partial charge < -0.3 is 15.2 Å². The minimum Gasteiger partial charge on any atom is -0.508 e. The summed E-state index contributed by atoms with van der Waals surface area (Å²) in [6.07, 6.45) is 0.937. The third-order valence-corrected chi connectivity index (χ3v) is 1.29. The number of phenols is 1. The van der Waals surface area contributed by atoms with Crippen LogP contribution in [0.4, 0.5) is 5.69 Å². The summed E-state index contributed by atoms with van der Waals surface area (Å²) in [6, 6.07) is 6.12. The summed E-state index contributed by atoms with van der Waals surface area (Å²) in [7, 11) is 0. The van der Waals surface area contributed by atoms with Crippen molar-refractivity contribution in [3.63, 3.8) is 0 Å². The number of benzene rings is 1. The summed E-state index contributed by atoms with van der Waals surface area (Å²) >= 11 is 0. The first-order valence-corrected chi connectivity index (χ1v) is 3.37. The van der Waals surface area contributed by atoms with Gasteiger partial charge >= 0.3 is 32.7 Å². The fraction of sp³-hybridized carbons (Fsp3) is 0. The van der Waals surface area contributed by atoms with Gasteiger partial charge in [-0.1, -0.05) is 0 Å². The predicted octanol–water partition coefficient (Wildman–Crippen LogP) is 1.32. The normalized spacial score (nSPS) is 8.31. The first-order chi connectivity index (χ1) is 5.72. The monoisotopic (exact) mass is 251 g/mol. The van der Waals surface area contributed by atoms with Crippen LogP contribution < -0.4 is 5.32 Å². The SMILES string of the molecule is [CH-]=CC(=O)Nc1ccc(O)cc1.[Y+3]. The molecule has 4 heteroatoms. The molecule has 0 aromatic heterocycles. The Balaban J connectivity index is 0.00000144. The zero-order valence-electron chi connectivity index (χ0n) is 6.90. The molecule has 0 aliphatic carbocycles. The van der Waals surface area contributed by atoms with E-state index in [1.54, 1.807) is 12.1 Å². The number of aromatic hydroxyl groups is 1. The minimum absolute atomic E-state index is 0. The number of hydrogen-bond donors (Lipinski definition) is 2. The van der Waals surface area contributed by atoms with Crippen molar-refractivity contribution in [1.82, 2.24) is 0 Å². The number of carbonyl (C=O) groups is 1. The van der Waals surface area contributed by atoms with Gasteiger partial charge in [0.1, 0.15) is 5.75 Å². The summed E-state index contributed by atoms with van der Waals surface area (Å²) in [5.74, 6) is -0.217. The summed E-state index contributed by atoms with van der Waals surface area (Å²) in [5.41, 5.74) is 0.597. The number of phenolic OH excluding ortho intramolecular Hbond substituents is 1. The molecule has 0 aliphatic heterocycles. The molecule has 13 heavy (non-hydrogen) atoms. The molecule has 3 nitrogen and oxygen atoms in total. The molecule has 0 saturated carbocycles. The molecule has 0 saturated heterocycles. The van der Waals surface area contributed by atoms with Crippen molar-refractivity contribution >= 4 is 11.6 Å². The van der Waals surface area contributed by atoms with Gasteiger partial charge in [-0.2, -0.15) is 6.08 Å². The van der Waals surface area contributed by atoms with Gasteiger partial charge in [-0.3, -0.25) is 6.58 Å². The minimum atomic E-state index is -0.374. The topological polar surface area (TPSA) is 49.3 Å². The van der Waals surface area contributed by atoms with E-state index in [0.29, 0.717) is 5.69 Å². The fourth-order valence-electron chi connectivity index (χ4n) is 0.729. The van der Waals surface area contributed by atoms with Gasteiger partial charge in [0, 0.05) is 5.69 Å². The summed E-state index contributed by atoms with van der Waals surface area (Å²) in [4.78, 5) is 10.7. The molecule has 0 bridgehead atoms. The van der Waals surface area contributed by atoms with Gasteiger partial charge in [-0.25, -0.2) is 0 Å². The van der Waals surface area contributed by atoms with Crippen LogP contribution in [0.15, 0.2) is 30.3 Å². The maximum Gasteiger partial charge on any atom is 3.00 e. The molecule has 0 radical (unpaired) electrons. The number of hydrogen-bond acceptors (Lipinski definition) is 2. The van der Waals surface area contributed by atoms with Crippen molar-refractivity contribution in [3.8, 4) is 5.75 Å². The quantitative estimate of drug-likeness (QED) is 0.473. The Labute approximate surface area is 102 Å². The number of nitrogens with one attached hydrogen (secondary N) is 1. The van der Waals surface area contributed by atoms with Crippen molar-refractivity contribution in [2.75, 3.05) is 5.32 Å². The van der Waals surface area contributed by atoms with Crippen molar-refractivity contribution in [2.45, 2.75) is 0 Å². The smallest absolute Gasteiger partial charge is 0.508 e. The molecule has 0 spiro atoms. The zero-order valence-corrected chi connectivity index (χ0v) is 9.74. The first kappa shape index (κ1) is 12.3. The Morgan fingerprint density at radius 2 is 1.92 bits per heavy atom. The van der Waals surface area contributed by atoms with Gasteiger partial charge in [0.15, 0.2) is 0 Å². The van der Waals surface area contributed by atoms with Crippen LogP contribution in [0.1, 0.15) is 0 Å². The summed E-state index contributed by atoms with van der Waals surface area (Å²) in [5, 5.41) is 11.4. The van der Waals surface area contributed by atoms with Crippen LogP contribution in [0.5, 0.6) is 5.75 Å². The molecule has 1 aromatic carbocycles. The Morgan fingerprint density at radius 1 is 1.38 bits per heavy atom. The van der Waals surface area contributed by atoms with Crippen molar-refractivity contribution in [2.24, 2.45) is 0 Å². The van der Waals surface area contributed by atoms with E-state index in [4.69, 9.17) is 11.7 Å². The molecular weight excluding hydrogens is 243 g/mol. The Morgan fingerprint density at radius 3 is 2.38 bits per heavy atom. The maximum absolute atomic E-state index is 10.7.